The number of ketones is 2. The van der Waals surface area contributed by atoms with Crippen molar-refractivity contribution in [3.63, 3.8) is 0 Å². The molecule has 0 bridgehead atoms. The highest BCUT2D eigenvalue weighted by Crippen LogP contribution is 2.40. The number of nitrogens with zero attached hydrogens (tertiary/aromatic N) is 1. The Balaban J connectivity index is 1.11. The topological polar surface area (TPSA) is 46.6 Å². The Morgan fingerprint density at radius 1 is 0.614 bits per heavy atom. The van der Waals surface area contributed by atoms with Gasteiger partial charge in [0.1, 0.15) is 11.6 Å². The van der Waals surface area contributed by atoms with E-state index in [1.165, 1.54) is 109 Å². The second-order valence-corrected chi connectivity index (χ2v) is 16.0. The maximum Gasteiger partial charge on any atom is 0.143 e. The highest BCUT2D eigenvalue weighted by molar-refractivity contribution is 5.99. The van der Waals surface area contributed by atoms with E-state index in [9.17, 15) is 9.59 Å². The molecule has 2 atom stereocenters. The van der Waals surface area contributed by atoms with Gasteiger partial charge >= 0.3 is 0 Å². The minimum absolute atomic E-state index is 0.0158. The molecule has 5 saturated carbocycles. The molecular formula is C40H65NO3. The van der Waals surface area contributed by atoms with Gasteiger partial charge in [0.05, 0.1) is 12.5 Å². The van der Waals surface area contributed by atoms with E-state index in [1.54, 1.807) is 6.92 Å². The monoisotopic (exact) mass is 607 g/mol. The van der Waals surface area contributed by atoms with Crippen LogP contribution in [0.1, 0.15) is 149 Å². The predicted octanol–water partition coefficient (Wildman–Crippen LogP) is 9.66. The number of carbonyl (C=O) groups excluding carboxylic acids is 2. The van der Waals surface area contributed by atoms with Gasteiger partial charge in [-0.15, -0.1) is 0 Å². The first kappa shape index (κ1) is 34.1. The number of allylic oxidation sites excluding steroid dienone is 4. The van der Waals surface area contributed by atoms with Crippen LogP contribution in [0.2, 0.25) is 0 Å². The zero-order valence-electron chi connectivity index (χ0n) is 28.6. The van der Waals surface area contributed by atoms with Gasteiger partial charge in [-0.1, -0.05) is 37.6 Å². The Labute approximate surface area is 270 Å². The smallest absolute Gasteiger partial charge is 0.143 e. The normalized spacial score (nSPS) is 39.2. The Bertz CT molecular complexity index is 940. The van der Waals surface area contributed by atoms with Crippen LogP contribution in [0.5, 0.6) is 0 Å². The van der Waals surface area contributed by atoms with Crippen LogP contribution in [0.4, 0.5) is 0 Å². The average molecular weight is 608 g/mol. The summed E-state index contributed by atoms with van der Waals surface area (Å²) in [5.41, 5.74) is 0. The summed E-state index contributed by atoms with van der Waals surface area (Å²) in [6, 6.07) is 2.37. The second-order valence-electron chi connectivity index (χ2n) is 16.0. The molecule has 44 heavy (non-hydrogen) atoms. The van der Waals surface area contributed by atoms with E-state index in [1.807, 2.05) is 7.11 Å². The fourth-order valence-electron chi connectivity index (χ4n) is 9.85. The van der Waals surface area contributed by atoms with E-state index < -0.39 is 0 Å². The molecule has 0 aromatic rings. The van der Waals surface area contributed by atoms with E-state index in [2.05, 4.69) is 36.1 Å². The molecule has 248 valence electrons. The average Bonchev–Trinajstić information content (AvgIpc) is 3.05. The summed E-state index contributed by atoms with van der Waals surface area (Å²) < 4.78 is 5.59. The molecule has 0 heterocycles. The number of hydrogen-bond donors (Lipinski definition) is 0. The summed E-state index contributed by atoms with van der Waals surface area (Å²) >= 11 is 0. The molecule has 4 nitrogen and oxygen atoms in total. The lowest BCUT2D eigenvalue weighted by atomic mass is 9.76. The lowest BCUT2D eigenvalue weighted by molar-refractivity contribution is -0.129. The third-order valence-corrected chi connectivity index (χ3v) is 12.7. The quantitative estimate of drug-likeness (QED) is 0.173. The van der Waals surface area contributed by atoms with Crippen molar-refractivity contribution in [1.29, 1.82) is 0 Å². The zero-order chi connectivity index (χ0) is 30.9. The lowest BCUT2D eigenvalue weighted by Gasteiger charge is -2.49. The Morgan fingerprint density at radius 2 is 1.07 bits per heavy atom. The van der Waals surface area contributed by atoms with Crippen molar-refractivity contribution >= 4 is 11.6 Å². The van der Waals surface area contributed by atoms with Crippen LogP contribution in [0, 0.1) is 35.5 Å². The van der Waals surface area contributed by atoms with Crippen molar-refractivity contribution in [2.75, 3.05) is 7.11 Å². The van der Waals surface area contributed by atoms with Crippen LogP contribution in [-0.4, -0.2) is 47.8 Å². The van der Waals surface area contributed by atoms with Crippen LogP contribution >= 0.6 is 0 Å². The fourth-order valence-corrected chi connectivity index (χ4v) is 9.85. The first-order chi connectivity index (χ1) is 21.4. The van der Waals surface area contributed by atoms with Crippen LogP contribution in [0.15, 0.2) is 24.3 Å². The largest absolute Gasteiger partial charge is 0.381 e. The fraction of sp³-hybridized carbons (Fsp3) is 0.850. The van der Waals surface area contributed by atoms with Crippen LogP contribution in [-0.2, 0) is 14.3 Å². The number of ether oxygens (including phenoxy) is 1. The number of hydrogen-bond acceptors (Lipinski definition) is 4. The van der Waals surface area contributed by atoms with E-state index in [0.29, 0.717) is 17.9 Å². The summed E-state index contributed by atoms with van der Waals surface area (Å²) in [7, 11) is 1.87. The third kappa shape index (κ3) is 9.87. The van der Waals surface area contributed by atoms with E-state index in [-0.39, 0.29) is 23.9 Å². The van der Waals surface area contributed by atoms with Gasteiger partial charge in [-0.05, 0) is 159 Å². The van der Waals surface area contributed by atoms with Crippen LogP contribution < -0.4 is 0 Å². The maximum absolute atomic E-state index is 12.5. The van der Waals surface area contributed by atoms with Gasteiger partial charge in [0.2, 0.25) is 0 Å². The Morgan fingerprint density at radius 3 is 1.55 bits per heavy atom. The Kier molecular flexibility index (Phi) is 13.2. The minimum atomic E-state index is 0.0158. The molecule has 0 spiro atoms. The third-order valence-electron chi connectivity index (χ3n) is 12.7. The first-order valence-electron chi connectivity index (χ1n) is 19.1. The lowest BCUT2D eigenvalue weighted by Crippen LogP contribution is -2.52. The van der Waals surface area contributed by atoms with Gasteiger partial charge in [-0.3, -0.25) is 14.5 Å². The zero-order valence-corrected chi connectivity index (χ0v) is 28.6. The maximum atomic E-state index is 12.5. The highest BCUT2D eigenvalue weighted by atomic mass is 16.5. The molecule has 0 radical (unpaired) electrons. The van der Waals surface area contributed by atoms with Crippen molar-refractivity contribution in [3.8, 4) is 0 Å². The van der Waals surface area contributed by atoms with E-state index in [0.717, 1.165) is 55.1 Å². The number of carbonyl (C=O) groups is 2. The van der Waals surface area contributed by atoms with Crippen LogP contribution in [0.25, 0.3) is 0 Å². The molecule has 4 heteroatoms. The van der Waals surface area contributed by atoms with Gasteiger partial charge in [0.25, 0.3) is 0 Å². The van der Waals surface area contributed by atoms with E-state index in [4.69, 9.17) is 4.74 Å². The molecule has 5 rings (SSSR count). The van der Waals surface area contributed by atoms with Crippen molar-refractivity contribution in [1.82, 2.24) is 4.90 Å². The van der Waals surface area contributed by atoms with Crippen molar-refractivity contribution < 1.29 is 14.3 Å². The number of methoxy groups -OCH3 is 1. The van der Waals surface area contributed by atoms with Gasteiger partial charge in [-0.2, -0.15) is 0 Å². The minimum Gasteiger partial charge on any atom is -0.381 e. The standard InChI is InChI=1S/C40H65NO3/c1-29-7-19-36(20-8-29)41(37-21-13-31(14-22-37)9-10-33-17-25-39(44-3)26-18-33)38-23-15-32(16-24-38)11-12-34-5-4-6-35(28-34)40(43)27-30(2)42/h9-12,29,31-39H,4-8,13-28H2,1-3H3. The van der Waals surface area contributed by atoms with Crippen molar-refractivity contribution in [2.24, 2.45) is 35.5 Å². The molecule has 0 aromatic heterocycles. The molecule has 0 aliphatic heterocycles. The molecule has 2 unspecified atom stereocenters. The molecule has 5 fully saturated rings. The Hall–Kier alpha value is -1.26. The molecule has 0 amide bonds. The number of Topliss-reactive ketones (excluding diaryl/α,β-unsaturated/α-hetero) is 2. The second kappa shape index (κ2) is 17.1. The summed E-state index contributed by atoms with van der Waals surface area (Å²) in [5.74, 6) is 4.00. The van der Waals surface area contributed by atoms with E-state index >= 15 is 0 Å². The summed E-state index contributed by atoms with van der Waals surface area (Å²) in [5, 5.41) is 0. The number of rotatable bonds is 11. The molecule has 0 saturated heterocycles. The predicted molar refractivity (Wildman–Crippen MR) is 182 cm³/mol. The van der Waals surface area contributed by atoms with Gasteiger partial charge in [-0.25, -0.2) is 0 Å². The summed E-state index contributed by atoms with van der Waals surface area (Å²) in [6.07, 6.45) is 36.7. The van der Waals surface area contributed by atoms with Crippen LogP contribution in [0.3, 0.4) is 0 Å². The van der Waals surface area contributed by atoms with Gasteiger partial charge < -0.3 is 4.74 Å². The van der Waals surface area contributed by atoms with Gasteiger partial charge in [0.15, 0.2) is 0 Å². The molecule has 0 N–H and O–H groups in total. The summed E-state index contributed by atoms with van der Waals surface area (Å²) in [6.45, 7) is 4.01. The van der Waals surface area contributed by atoms with Gasteiger partial charge in [0, 0.05) is 31.2 Å². The SMILES string of the molecule is COC1CCC(C=CC2CCC(N(C3CCC(C)CC3)C3CCC(C=CC4CCCC(C(=O)CC(C)=O)C4)CC3)CC2)CC1. The first-order valence-corrected chi connectivity index (χ1v) is 19.1. The molecular weight excluding hydrogens is 542 g/mol. The molecule has 5 aliphatic carbocycles. The summed E-state index contributed by atoms with van der Waals surface area (Å²) in [4.78, 5) is 27.1. The van der Waals surface area contributed by atoms with Crippen molar-refractivity contribution in [2.45, 2.75) is 173 Å². The highest BCUT2D eigenvalue weighted by Gasteiger charge is 2.37. The van der Waals surface area contributed by atoms with Crippen molar-refractivity contribution in [3.05, 3.63) is 24.3 Å². The molecule has 5 aliphatic rings. The molecule has 0 aromatic carbocycles.